The van der Waals surface area contributed by atoms with Crippen LogP contribution in [0.5, 0.6) is 0 Å². The predicted octanol–water partition coefficient (Wildman–Crippen LogP) is 3.53. The summed E-state index contributed by atoms with van der Waals surface area (Å²) in [5.41, 5.74) is 1.38. The van der Waals surface area contributed by atoms with Gasteiger partial charge in [-0.05, 0) is 45.0 Å². The molecule has 18 heavy (non-hydrogen) atoms. The fraction of sp³-hybridized carbons (Fsp3) is 0.357. The summed E-state index contributed by atoms with van der Waals surface area (Å²) in [4.78, 5) is 11.6. The quantitative estimate of drug-likeness (QED) is 0.836. The summed E-state index contributed by atoms with van der Waals surface area (Å²) in [6.45, 7) is 5.52. The molecule has 0 fully saturated rings. The maximum absolute atomic E-state index is 11.6. The number of aromatic nitrogens is 1. The van der Waals surface area contributed by atoms with E-state index in [2.05, 4.69) is 5.32 Å². The highest BCUT2D eigenvalue weighted by atomic mass is 16.6. The molecule has 0 aliphatic rings. The molecule has 0 spiro atoms. The Morgan fingerprint density at radius 1 is 1.28 bits per heavy atom. The molecule has 0 bridgehead atoms. The Labute approximate surface area is 107 Å². The molecule has 0 atom stereocenters. The maximum atomic E-state index is 11.6. The van der Waals surface area contributed by atoms with Crippen LogP contribution in [0.3, 0.4) is 0 Å². The second-order valence-electron chi connectivity index (χ2n) is 5.33. The van der Waals surface area contributed by atoms with Gasteiger partial charge >= 0.3 is 6.09 Å². The standard InChI is InChI=1S/C14H18N2O2/c1-14(2,3)18-13(17)15-11-5-6-12-10(9-11)7-8-16(12)4/h5-9H,1-4H3,(H,15,17). The molecule has 0 aliphatic carbocycles. The Bertz CT molecular complexity index is 579. The van der Waals surface area contributed by atoms with Crippen molar-refractivity contribution < 1.29 is 9.53 Å². The number of anilines is 1. The second kappa shape index (κ2) is 4.37. The van der Waals surface area contributed by atoms with Crippen molar-refractivity contribution in [2.75, 3.05) is 5.32 Å². The number of amides is 1. The Morgan fingerprint density at radius 2 is 2.00 bits per heavy atom. The minimum Gasteiger partial charge on any atom is -0.444 e. The number of benzene rings is 1. The van der Waals surface area contributed by atoms with Crippen LogP contribution in [0, 0.1) is 0 Å². The molecule has 2 rings (SSSR count). The fourth-order valence-corrected chi connectivity index (χ4v) is 1.78. The number of fused-ring (bicyclic) bond motifs is 1. The van der Waals surface area contributed by atoms with Crippen molar-refractivity contribution in [2.45, 2.75) is 26.4 Å². The molecule has 1 N–H and O–H groups in total. The van der Waals surface area contributed by atoms with Gasteiger partial charge in [0.2, 0.25) is 0 Å². The van der Waals surface area contributed by atoms with Crippen LogP contribution in [-0.2, 0) is 11.8 Å². The van der Waals surface area contributed by atoms with Gasteiger partial charge in [-0.2, -0.15) is 0 Å². The van der Waals surface area contributed by atoms with Gasteiger partial charge in [0.05, 0.1) is 0 Å². The number of aryl methyl sites for hydroxylation is 1. The van der Waals surface area contributed by atoms with E-state index in [0.717, 1.165) is 16.6 Å². The van der Waals surface area contributed by atoms with E-state index in [1.807, 2.05) is 62.8 Å². The first-order valence-electron chi connectivity index (χ1n) is 5.90. The van der Waals surface area contributed by atoms with Crippen molar-refractivity contribution in [3.63, 3.8) is 0 Å². The van der Waals surface area contributed by atoms with Crippen LogP contribution >= 0.6 is 0 Å². The Balaban J connectivity index is 2.15. The zero-order chi connectivity index (χ0) is 13.3. The Morgan fingerprint density at radius 3 is 2.67 bits per heavy atom. The third-order valence-corrected chi connectivity index (χ3v) is 2.53. The van der Waals surface area contributed by atoms with Crippen LogP contribution in [-0.4, -0.2) is 16.3 Å². The number of hydrogen-bond donors (Lipinski definition) is 1. The number of ether oxygens (including phenoxy) is 1. The normalized spacial score (nSPS) is 11.6. The van der Waals surface area contributed by atoms with E-state index in [1.165, 1.54) is 0 Å². The van der Waals surface area contributed by atoms with E-state index < -0.39 is 11.7 Å². The van der Waals surface area contributed by atoms with Crippen LogP contribution in [0.4, 0.5) is 10.5 Å². The monoisotopic (exact) mass is 246 g/mol. The third kappa shape index (κ3) is 2.83. The molecule has 1 amide bonds. The molecule has 0 radical (unpaired) electrons. The van der Waals surface area contributed by atoms with Gasteiger partial charge in [-0.25, -0.2) is 4.79 Å². The van der Waals surface area contributed by atoms with E-state index in [0.29, 0.717) is 0 Å². The van der Waals surface area contributed by atoms with E-state index in [-0.39, 0.29) is 0 Å². The van der Waals surface area contributed by atoms with Gasteiger partial charge in [-0.3, -0.25) is 5.32 Å². The van der Waals surface area contributed by atoms with Crippen molar-refractivity contribution >= 4 is 22.7 Å². The summed E-state index contributed by atoms with van der Waals surface area (Å²) in [5, 5.41) is 3.82. The largest absolute Gasteiger partial charge is 0.444 e. The highest BCUT2D eigenvalue weighted by molar-refractivity contribution is 5.90. The molecule has 0 unspecified atom stereocenters. The van der Waals surface area contributed by atoms with Crippen LogP contribution < -0.4 is 5.32 Å². The molecule has 0 saturated carbocycles. The van der Waals surface area contributed by atoms with Gasteiger partial charge in [-0.15, -0.1) is 0 Å². The number of carbonyl (C=O) groups is 1. The van der Waals surface area contributed by atoms with E-state index >= 15 is 0 Å². The van der Waals surface area contributed by atoms with Crippen LogP contribution in [0.2, 0.25) is 0 Å². The summed E-state index contributed by atoms with van der Waals surface area (Å²) in [6.07, 6.45) is 1.56. The SMILES string of the molecule is Cn1ccc2cc(NC(=O)OC(C)(C)C)ccc21. The van der Waals surface area contributed by atoms with Gasteiger partial charge in [0.1, 0.15) is 5.60 Å². The number of carbonyl (C=O) groups excluding carboxylic acids is 1. The Hall–Kier alpha value is -1.97. The molecule has 0 aliphatic heterocycles. The lowest BCUT2D eigenvalue weighted by Crippen LogP contribution is -2.27. The summed E-state index contributed by atoms with van der Waals surface area (Å²) in [6, 6.07) is 7.78. The van der Waals surface area contributed by atoms with E-state index in [9.17, 15) is 4.79 Å². The zero-order valence-corrected chi connectivity index (χ0v) is 11.2. The van der Waals surface area contributed by atoms with Gasteiger partial charge in [0.15, 0.2) is 0 Å². The van der Waals surface area contributed by atoms with Crippen molar-refractivity contribution in [1.82, 2.24) is 4.57 Å². The lowest BCUT2D eigenvalue weighted by atomic mass is 10.2. The average Bonchev–Trinajstić information content (AvgIpc) is 2.57. The highest BCUT2D eigenvalue weighted by Gasteiger charge is 2.16. The van der Waals surface area contributed by atoms with Gasteiger partial charge in [0, 0.05) is 29.8 Å². The molecule has 1 aromatic carbocycles. The van der Waals surface area contributed by atoms with Gasteiger partial charge in [-0.1, -0.05) is 0 Å². The minimum absolute atomic E-state index is 0.433. The molecule has 1 heterocycles. The second-order valence-corrected chi connectivity index (χ2v) is 5.33. The Kier molecular flexibility index (Phi) is 3.03. The van der Waals surface area contributed by atoms with E-state index in [1.54, 1.807) is 0 Å². The predicted molar refractivity (Wildman–Crippen MR) is 72.8 cm³/mol. The molecular formula is C14H18N2O2. The number of rotatable bonds is 1. The number of nitrogens with zero attached hydrogens (tertiary/aromatic N) is 1. The highest BCUT2D eigenvalue weighted by Crippen LogP contribution is 2.20. The van der Waals surface area contributed by atoms with Crippen molar-refractivity contribution in [3.05, 3.63) is 30.5 Å². The maximum Gasteiger partial charge on any atom is 0.412 e. The molecule has 0 saturated heterocycles. The molecule has 4 nitrogen and oxygen atoms in total. The fourth-order valence-electron chi connectivity index (χ4n) is 1.78. The summed E-state index contributed by atoms with van der Waals surface area (Å²) >= 11 is 0. The van der Waals surface area contributed by atoms with Crippen molar-refractivity contribution in [3.8, 4) is 0 Å². The summed E-state index contributed by atoms with van der Waals surface area (Å²) in [7, 11) is 1.99. The average molecular weight is 246 g/mol. The van der Waals surface area contributed by atoms with Crippen molar-refractivity contribution in [1.29, 1.82) is 0 Å². The molecular weight excluding hydrogens is 228 g/mol. The first-order chi connectivity index (χ1) is 8.35. The topological polar surface area (TPSA) is 43.3 Å². The number of nitrogens with one attached hydrogen (secondary N) is 1. The molecule has 2 aromatic rings. The minimum atomic E-state index is -0.485. The van der Waals surface area contributed by atoms with Gasteiger partial charge < -0.3 is 9.30 Å². The first-order valence-corrected chi connectivity index (χ1v) is 5.90. The van der Waals surface area contributed by atoms with E-state index in [4.69, 9.17) is 4.74 Å². The van der Waals surface area contributed by atoms with Crippen LogP contribution in [0.25, 0.3) is 10.9 Å². The number of hydrogen-bond acceptors (Lipinski definition) is 2. The van der Waals surface area contributed by atoms with Crippen molar-refractivity contribution in [2.24, 2.45) is 7.05 Å². The first kappa shape index (κ1) is 12.5. The van der Waals surface area contributed by atoms with Crippen LogP contribution in [0.15, 0.2) is 30.5 Å². The third-order valence-electron chi connectivity index (χ3n) is 2.53. The molecule has 4 heteroatoms. The molecule has 96 valence electrons. The summed E-state index contributed by atoms with van der Waals surface area (Å²) in [5.74, 6) is 0. The molecule has 1 aromatic heterocycles. The summed E-state index contributed by atoms with van der Waals surface area (Å²) < 4.78 is 7.24. The van der Waals surface area contributed by atoms with Crippen LogP contribution in [0.1, 0.15) is 20.8 Å². The zero-order valence-electron chi connectivity index (χ0n) is 11.2. The lowest BCUT2D eigenvalue weighted by Gasteiger charge is -2.19. The smallest absolute Gasteiger partial charge is 0.412 e. The van der Waals surface area contributed by atoms with Gasteiger partial charge in [0.25, 0.3) is 0 Å². The lowest BCUT2D eigenvalue weighted by molar-refractivity contribution is 0.0636.